The number of benzene rings is 1. The fourth-order valence-electron chi connectivity index (χ4n) is 1.69. The summed E-state index contributed by atoms with van der Waals surface area (Å²) in [5, 5.41) is 10.9. The zero-order chi connectivity index (χ0) is 16.0. The van der Waals surface area contributed by atoms with Gasteiger partial charge in [0.2, 0.25) is 5.28 Å². The number of nitro benzene ring substituents is 1. The Hall–Kier alpha value is -2.21. The molecular formula is C14H17ClN4O2. The van der Waals surface area contributed by atoms with Crippen LogP contribution in [-0.2, 0) is 0 Å². The molecule has 2 rings (SSSR count). The van der Waals surface area contributed by atoms with Gasteiger partial charge in [0.15, 0.2) is 0 Å². The molecule has 1 heterocycles. The van der Waals surface area contributed by atoms with Crippen molar-refractivity contribution in [2.24, 2.45) is 0 Å². The number of aromatic nitrogens is 2. The van der Waals surface area contributed by atoms with Crippen molar-refractivity contribution in [3.63, 3.8) is 0 Å². The van der Waals surface area contributed by atoms with E-state index in [1.54, 1.807) is 30.3 Å². The van der Waals surface area contributed by atoms with Gasteiger partial charge < -0.3 is 4.90 Å². The molecule has 21 heavy (non-hydrogen) atoms. The molecular weight excluding hydrogens is 292 g/mol. The van der Waals surface area contributed by atoms with E-state index in [9.17, 15) is 10.1 Å². The topological polar surface area (TPSA) is 72.2 Å². The van der Waals surface area contributed by atoms with Crippen molar-refractivity contribution in [2.45, 2.75) is 20.8 Å². The van der Waals surface area contributed by atoms with Gasteiger partial charge in [0.05, 0.1) is 4.92 Å². The maximum absolute atomic E-state index is 10.8. The van der Waals surface area contributed by atoms with Crippen LogP contribution in [0.25, 0.3) is 0 Å². The summed E-state index contributed by atoms with van der Waals surface area (Å²) >= 11 is 5.77. The van der Waals surface area contributed by atoms with Gasteiger partial charge in [-0.25, -0.2) is 4.98 Å². The van der Waals surface area contributed by atoms with Crippen LogP contribution in [-0.4, -0.2) is 21.9 Å². The van der Waals surface area contributed by atoms with E-state index in [1.165, 1.54) is 12.1 Å². The quantitative estimate of drug-likeness (QED) is 0.484. The highest BCUT2D eigenvalue weighted by Crippen LogP contribution is 2.27. The Morgan fingerprint density at radius 2 is 2.00 bits per heavy atom. The van der Waals surface area contributed by atoms with Gasteiger partial charge in [0.25, 0.3) is 5.69 Å². The van der Waals surface area contributed by atoms with Gasteiger partial charge in [-0.2, -0.15) is 4.98 Å². The van der Waals surface area contributed by atoms with E-state index in [1.807, 2.05) is 20.8 Å². The number of anilines is 2. The average molecular weight is 309 g/mol. The van der Waals surface area contributed by atoms with Crippen LogP contribution in [0.1, 0.15) is 19.4 Å². The van der Waals surface area contributed by atoms with Crippen LogP contribution >= 0.6 is 11.6 Å². The van der Waals surface area contributed by atoms with E-state index < -0.39 is 4.92 Å². The van der Waals surface area contributed by atoms with Gasteiger partial charge in [-0.15, -0.1) is 0 Å². The Balaban J connectivity index is 0.00000106. The third-order valence-electron chi connectivity index (χ3n) is 2.66. The van der Waals surface area contributed by atoms with E-state index >= 15 is 0 Å². The van der Waals surface area contributed by atoms with Gasteiger partial charge in [-0.1, -0.05) is 19.9 Å². The van der Waals surface area contributed by atoms with E-state index in [0.717, 1.165) is 5.56 Å². The highest BCUT2D eigenvalue weighted by atomic mass is 35.5. The molecule has 0 N–H and O–H groups in total. The van der Waals surface area contributed by atoms with E-state index in [0.29, 0.717) is 11.5 Å². The summed E-state index contributed by atoms with van der Waals surface area (Å²) in [7, 11) is 1.77. The molecule has 6 nitrogen and oxygen atoms in total. The Morgan fingerprint density at radius 3 is 2.62 bits per heavy atom. The molecule has 0 saturated heterocycles. The third kappa shape index (κ3) is 4.13. The largest absolute Gasteiger partial charge is 0.329 e. The molecule has 0 aliphatic carbocycles. The first-order chi connectivity index (χ1) is 9.99. The first-order valence-electron chi connectivity index (χ1n) is 6.46. The Kier molecular flexibility index (Phi) is 6.05. The highest BCUT2D eigenvalue weighted by molar-refractivity contribution is 6.28. The van der Waals surface area contributed by atoms with Crippen molar-refractivity contribution in [3.05, 3.63) is 51.4 Å². The number of hydrogen-bond acceptors (Lipinski definition) is 5. The molecule has 0 radical (unpaired) electrons. The molecule has 0 saturated carbocycles. The van der Waals surface area contributed by atoms with Crippen molar-refractivity contribution in [1.82, 2.24) is 9.97 Å². The summed E-state index contributed by atoms with van der Waals surface area (Å²) in [6, 6.07) is 6.32. The lowest BCUT2D eigenvalue weighted by Crippen LogP contribution is -2.13. The van der Waals surface area contributed by atoms with Crippen LogP contribution in [0.15, 0.2) is 30.5 Å². The Bertz CT molecular complexity index is 634. The molecule has 0 bridgehead atoms. The standard InChI is InChI=1S/C12H11ClN4O2.C2H6/c1-8-7-14-12(13)15-11(8)16(2)9-4-3-5-10(6-9)17(18)19;1-2/h3-7H,1-2H3;1-2H3. The predicted molar refractivity (Wildman–Crippen MR) is 84.3 cm³/mol. The molecule has 0 atom stereocenters. The number of nitro groups is 1. The van der Waals surface area contributed by atoms with Crippen LogP contribution in [0, 0.1) is 17.0 Å². The second-order valence-electron chi connectivity index (χ2n) is 3.98. The second kappa shape index (κ2) is 7.54. The highest BCUT2D eigenvalue weighted by Gasteiger charge is 2.13. The summed E-state index contributed by atoms with van der Waals surface area (Å²) in [5.74, 6) is 0.612. The van der Waals surface area contributed by atoms with Gasteiger partial charge in [0.1, 0.15) is 5.82 Å². The van der Waals surface area contributed by atoms with Crippen LogP contribution in [0.4, 0.5) is 17.2 Å². The number of halogens is 1. The molecule has 0 fully saturated rings. The van der Waals surface area contributed by atoms with Crippen LogP contribution in [0.2, 0.25) is 5.28 Å². The van der Waals surface area contributed by atoms with Gasteiger partial charge >= 0.3 is 0 Å². The molecule has 1 aromatic heterocycles. The van der Waals surface area contributed by atoms with Gasteiger partial charge in [-0.3, -0.25) is 10.1 Å². The van der Waals surface area contributed by atoms with Crippen molar-refractivity contribution in [1.29, 1.82) is 0 Å². The lowest BCUT2D eigenvalue weighted by atomic mass is 10.2. The molecule has 0 aliphatic rings. The maximum Gasteiger partial charge on any atom is 0.271 e. The fourth-order valence-corrected chi connectivity index (χ4v) is 1.82. The number of hydrogen-bond donors (Lipinski definition) is 0. The molecule has 0 aliphatic heterocycles. The van der Waals surface area contributed by atoms with Crippen LogP contribution in [0.5, 0.6) is 0 Å². The minimum absolute atomic E-state index is 0.0298. The van der Waals surface area contributed by atoms with E-state index in [-0.39, 0.29) is 11.0 Å². The molecule has 0 spiro atoms. The summed E-state index contributed by atoms with van der Waals surface area (Å²) in [6.07, 6.45) is 1.61. The van der Waals surface area contributed by atoms with Gasteiger partial charge in [-0.05, 0) is 24.6 Å². The molecule has 2 aromatic rings. The fraction of sp³-hybridized carbons (Fsp3) is 0.286. The number of non-ortho nitro benzene ring substituents is 1. The maximum atomic E-state index is 10.8. The SMILES string of the molecule is CC.Cc1cnc(Cl)nc1N(C)c1cccc([N+](=O)[O-])c1. The van der Waals surface area contributed by atoms with E-state index in [2.05, 4.69) is 9.97 Å². The van der Waals surface area contributed by atoms with Crippen molar-refractivity contribution in [2.75, 3.05) is 11.9 Å². The Morgan fingerprint density at radius 1 is 1.33 bits per heavy atom. The number of nitrogens with zero attached hydrogens (tertiary/aromatic N) is 4. The third-order valence-corrected chi connectivity index (χ3v) is 2.84. The van der Waals surface area contributed by atoms with Crippen LogP contribution in [0.3, 0.4) is 0 Å². The summed E-state index contributed by atoms with van der Waals surface area (Å²) in [5.41, 5.74) is 1.52. The second-order valence-corrected chi connectivity index (χ2v) is 4.32. The molecule has 7 heteroatoms. The van der Waals surface area contributed by atoms with Crippen molar-refractivity contribution < 1.29 is 4.92 Å². The molecule has 112 valence electrons. The lowest BCUT2D eigenvalue weighted by Gasteiger charge is -2.19. The van der Waals surface area contributed by atoms with Crippen molar-refractivity contribution >= 4 is 28.8 Å². The van der Waals surface area contributed by atoms with Crippen LogP contribution < -0.4 is 4.90 Å². The lowest BCUT2D eigenvalue weighted by molar-refractivity contribution is -0.384. The predicted octanol–water partition coefficient (Wildman–Crippen LogP) is 4.14. The van der Waals surface area contributed by atoms with E-state index in [4.69, 9.17) is 11.6 Å². The summed E-state index contributed by atoms with van der Waals surface area (Å²) < 4.78 is 0. The van der Waals surface area contributed by atoms with Crippen molar-refractivity contribution in [3.8, 4) is 0 Å². The van der Waals surface area contributed by atoms with Gasteiger partial charge in [0, 0.05) is 36.6 Å². The molecule has 0 unspecified atom stereocenters. The molecule has 1 aromatic carbocycles. The zero-order valence-corrected chi connectivity index (χ0v) is 13.1. The summed E-state index contributed by atoms with van der Waals surface area (Å²) in [4.78, 5) is 20.1. The number of rotatable bonds is 3. The molecule has 0 amide bonds. The smallest absolute Gasteiger partial charge is 0.271 e. The first kappa shape index (κ1) is 16.8. The first-order valence-corrected chi connectivity index (χ1v) is 6.84. The average Bonchev–Trinajstić information content (AvgIpc) is 2.51. The Labute approximate surface area is 128 Å². The zero-order valence-electron chi connectivity index (χ0n) is 12.4. The monoisotopic (exact) mass is 308 g/mol. The minimum atomic E-state index is -0.433. The number of aryl methyl sites for hydroxylation is 1. The summed E-state index contributed by atoms with van der Waals surface area (Å²) in [6.45, 7) is 5.85. The normalized spacial score (nSPS) is 9.57. The minimum Gasteiger partial charge on any atom is -0.329 e.